The minimum Gasteiger partial charge on any atom is -0.385 e. The van der Waals surface area contributed by atoms with Crippen molar-refractivity contribution >= 4 is 11.6 Å². The summed E-state index contributed by atoms with van der Waals surface area (Å²) in [6.07, 6.45) is 2.52. The van der Waals surface area contributed by atoms with Crippen LogP contribution in [0.25, 0.3) is 0 Å². The summed E-state index contributed by atoms with van der Waals surface area (Å²) in [7, 11) is 1.65. The molecule has 1 heterocycles. The summed E-state index contributed by atoms with van der Waals surface area (Å²) in [6, 6.07) is 5.94. The van der Waals surface area contributed by atoms with Gasteiger partial charge in [0.1, 0.15) is 0 Å². The van der Waals surface area contributed by atoms with Gasteiger partial charge >= 0.3 is 6.18 Å². The number of ether oxygens (including phenoxy) is 1. The van der Waals surface area contributed by atoms with Gasteiger partial charge in [0, 0.05) is 58.0 Å². The lowest BCUT2D eigenvalue weighted by Crippen LogP contribution is -2.47. The Hall–Kier alpha value is -1.80. The van der Waals surface area contributed by atoms with Crippen LogP contribution >= 0.6 is 0 Å². The number of nitrogens with zero attached hydrogens (tertiary/aromatic N) is 2. The van der Waals surface area contributed by atoms with Crippen LogP contribution in [-0.2, 0) is 15.7 Å². The largest absolute Gasteiger partial charge is 0.416 e. The molecule has 2 fully saturated rings. The molecule has 1 N–H and O–H groups in total. The first kappa shape index (κ1) is 24.8. The van der Waals surface area contributed by atoms with Gasteiger partial charge in [-0.3, -0.25) is 9.69 Å². The van der Waals surface area contributed by atoms with Crippen molar-refractivity contribution in [3.8, 4) is 0 Å². The Bertz CT molecular complexity index is 713. The van der Waals surface area contributed by atoms with Gasteiger partial charge in [-0.15, -0.1) is 0 Å². The molecule has 180 valence electrons. The average molecular weight is 456 g/mol. The van der Waals surface area contributed by atoms with E-state index in [0.717, 1.165) is 77.3 Å². The SMILES string of the molecule is COCCCC(=O)N[C@H]1CC[C@H](CCN2CCN(c3cccc(C(F)(F)F)c3)CC2)CC1. The number of amides is 1. The lowest BCUT2D eigenvalue weighted by Gasteiger charge is -2.37. The van der Waals surface area contributed by atoms with Crippen molar-refractivity contribution in [1.29, 1.82) is 0 Å². The molecule has 8 heteroatoms. The maximum absolute atomic E-state index is 13.0. The third kappa shape index (κ3) is 7.66. The zero-order valence-corrected chi connectivity index (χ0v) is 19.0. The number of carbonyl (C=O) groups is 1. The van der Waals surface area contributed by atoms with Gasteiger partial charge in [0.15, 0.2) is 0 Å². The summed E-state index contributed by atoms with van der Waals surface area (Å²) in [5, 5.41) is 3.16. The number of benzene rings is 1. The van der Waals surface area contributed by atoms with E-state index in [0.29, 0.717) is 30.7 Å². The highest BCUT2D eigenvalue weighted by Gasteiger charge is 2.31. The predicted octanol–water partition coefficient (Wildman–Crippen LogP) is 4.32. The van der Waals surface area contributed by atoms with E-state index >= 15 is 0 Å². The molecule has 1 aliphatic carbocycles. The Morgan fingerprint density at radius 3 is 2.50 bits per heavy atom. The number of hydrogen-bond donors (Lipinski definition) is 1. The standard InChI is InChI=1S/C24H36F3N3O2/c1-32-17-3-6-23(31)28-21-9-7-19(8-10-21)11-12-29-13-15-30(16-14-29)22-5-2-4-20(18-22)24(25,26)27/h2,4-5,18-19,21H,3,6-17H2,1H3,(H,28,31)/t19-,21-. The molecule has 32 heavy (non-hydrogen) atoms. The number of hydrogen-bond acceptors (Lipinski definition) is 4. The molecular weight excluding hydrogens is 419 g/mol. The van der Waals surface area contributed by atoms with E-state index in [9.17, 15) is 18.0 Å². The summed E-state index contributed by atoms with van der Waals surface area (Å²) in [5.74, 6) is 0.822. The third-order valence-electron chi connectivity index (χ3n) is 6.73. The van der Waals surface area contributed by atoms with Crippen LogP contribution in [0.3, 0.4) is 0 Å². The lowest BCUT2D eigenvalue weighted by atomic mass is 9.84. The highest BCUT2D eigenvalue weighted by atomic mass is 19.4. The fourth-order valence-electron chi connectivity index (χ4n) is 4.75. The van der Waals surface area contributed by atoms with Crippen LogP contribution in [-0.4, -0.2) is 63.3 Å². The summed E-state index contributed by atoms with van der Waals surface area (Å²) < 4.78 is 43.9. The molecule has 1 aromatic rings. The molecule has 0 spiro atoms. The highest BCUT2D eigenvalue weighted by Crippen LogP contribution is 2.32. The van der Waals surface area contributed by atoms with Crippen LogP contribution < -0.4 is 10.2 Å². The minimum absolute atomic E-state index is 0.129. The molecule has 1 saturated heterocycles. The second kappa shape index (κ2) is 11.9. The molecule has 3 rings (SSSR count). The number of anilines is 1. The van der Waals surface area contributed by atoms with Crippen LogP contribution in [0.1, 0.15) is 50.5 Å². The van der Waals surface area contributed by atoms with Crippen LogP contribution in [0.5, 0.6) is 0 Å². The molecule has 1 saturated carbocycles. The molecule has 0 bridgehead atoms. The van der Waals surface area contributed by atoms with E-state index in [4.69, 9.17) is 4.74 Å². The quantitative estimate of drug-likeness (QED) is 0.564. The smallest absolute Gasteiger partial charge is 0.385 e. The molecular formula is C24H36F3N3O2. The molecule has 0 aromatic heterocycles. The topological polar surface area (TPSA) is 44.8 Å². The highest BCUT2D eigenvalue weighted by molar-refractivity contribution is 5.76. The van der Waals surface area contributed by atoms with Crippen molar-refractivity contribution in [2.75, 3.05) is 51.3 Å². The van der Waals surface area contributed by atoms with Gasteiger partial charge < -0.3 is 15.0 Å². The number of alkyl halides is 3. The summed E-state index contributed by atoms with van der Waals surface area (Å²) in [5.41, 5.74) is 0.0706. The Kier molecular flexibility index (Phi) is 9.22. The van der Waals surface area contributed by atoms with Crippen LogP contribution in [0.15, 0.2) is 24.3 Å². The molecule has 0 unspecified atom stereocenters. The van der Waals surface area contributed by atoms with Crippen molar-refractivity contribution in [3.05, 3.63) is 29.8 Å². The maximum Gasteiger partial charge on any atom is 0.416 e. The molecule has 1 aromatic carbocycles. The summed E-state index contributed by atoms with van der Waals surface area (Å²) >= 11 is 0. The van der Waals surface area contributed by atoms with Crippen molar-refractivity contribution in [3.63, 3.8) is 0 Å². The Morgan fingerprint density at radius 1 is 1.12 bits per heavy atom. The molecule has 5 nitrogen and oxygen atoms in total. The normalized spacial score (nSPS) is 22.7. The zero-order chi connectivity index (χ0) is 23.0. The van der Waals surface area contributed by atoms with E-state index in [-0.39, 0.29) is 5.91 Å². The zero-order valence-electron chi connectivity index (χ0n) is 19.0. The summed E-state index contributed by atoms with van der Waals surface area (Å²) in [4.78, 5) is 16.4. The van der Waals surface area contributed by atoms with E-state index in [2.05, 4.69) is 10.2 Å². The molecule has 2 aliphatic rings. The Morgan fingerprint density at radius 2 is 1.84 bits per heavy atom. The number of rotatable bonds is 9. The predicted molar refractivity (Wildman–Crippen MR) is 120 cm³/mol. The number of piperazine rings is 1. The van der Waals surface area contributed by atoms with E-state index in [1.165, 1.54) is 12.1 Å². The van der Waals surface area contributed by atoms with Gasteiger partial charge in [-0.25, -0.2) is 0 Å². The monoisotopic (exact) mass is 455 g/mol. The lowest BCUT2D eigenvalue weighted by molar-refractivity contribution is -0.137. The van der Waals surface area contributed by atoms with Gasteiger partial charge in [-0.1, -0.05) is 6.07 Å². The van der Waals surface area contributed by atoms with Crippen molar-refractivity contribution < 1.29 is 22.7 Å². The maximum atomic E-state index is 13.0. The van der Waals surface area contributed by atoms with E-state index < -0.39 is 11.7 Å². The van der Waals surface area contributed by atoms with Gasteiger partial charge in [0.25, 0.3) is 0 Å². The van der Waals surface area contributed by atoms with E-state index in [1.54, 1.807) is 13.2 Å². The average Bonchev–Trinajstić information content (AvgIpc) is 2.79. The van der Waals surface area contributed by atoms with Gasteiger partial charge in [-0.2, -0.15) is 13.2 Å². The van der Waals surface area contributed by atoms with Gasteiger partial charge in [0.05, 0.1) is 5.56 Å². The van der Waals surface area contributed by atoms with Gasteiger partial charge in [-0.05, 0) is 69.2 Å². The van der Waals surface area contributed by atoms with Crippen LogP contribution in [0.2, 0.25) is 0 Å². The van der Waals surface area contributed by atoms with E-state index in [1.807, 2.05) is 4.90 Å². The van der Waals surface area contributed by atoms with Gasteiger partial charge in [0.2, 0.25) is 5.91 Å². The van der Waals surface area contributed by atoms with Crippen LogP contribution in [0.4, 0.5) is 18.9 Å². The van der Waals surface area contributed by atoms with Crippen molar-refractivity contribution in [2.45, 2.75) is 57.2 Å². The molecule has 0 radical (unpaired) electrons. The Balaban J connectivity index is 1.33. The first-order chi connectivity index (χ1) is 15.3. The number of methoxy groups -OCH3 is 1. The third-order valence-corrected chi connectivity index (χ3v) is 6.73. The first-order valence-electron chi connectivity index (χ1n) is 11.8. The number of halogens is 3. The minimum atomic E-state index is -4.30. The second-order valence-electron chi connectivity index (χ2n) is 9.05. The van der Waals surface area contributed by atoms with Crippen molar-refractivity contribution in [2.24, 2.45) is 5.92 Å². The number of nitrogens with one attached hydrogen (secondary N) is 1. The number of carbonyl (C=O) groups excluding carboxylic acids is 1. The molecule has 1 aliphatic heterocycles. The second-order valence-corrected chi connectivity index (χ2v) is 9.05. The fourth-order valence-corrected chi connectivity index (χ4v) is 4.75. The van der Waals surface area contributed by atoms with Crippen molar-refractivity contribution in [1.82, 2.24) is 10.2 Å². The fraction of sp³-hybridized carbons (Fsp3) is 0.708. The Labute approximate surface area is 189 Å². The van der Waals surface area contributed by atoms with Crippen LogP contribution in [0, 0.1) is 5.92 Å². The molecule has 0 atom stereocenters. The first-order valence-corrected chi connectivity index (χ1v) is 11.8. The molecule has 1 amide bonds. The summed E-state index contributed by atoms with van der Waals surface area (Å²) in [6.45, 7) is 4.92.